The van der Waals surface area contributed by atoms with E-state index >= 15 is 0 Å². The van der Waals surface area contributed by atoms with Crippen LogP contribution in [0.3, 0.4) is 0 Å². The van der Waals surface area contributed by atoms with Crippen molar-refractivity contribution < 1.29 is 4.39 Å². The lowest BCUT2D eigenvalue weighted by molar-refractivity contribution is 0.392. The molecule has 0 unspecified atom stereocenters. The van der Waals surface area contributed by atoms with Gasteiger partial charge in [-0.25, -0.2) is 9.38 Å². The second-order valence-corrected chi connectivity index (χ2v) is 6.71. The molecular formula is C19H29FN6. The fourth-order valence-electron chi connectivity index (χ4n) is 2.73. The van der Waals surface area contributed by atoms with E-state index in [2.05, 4.69) is 15.3 Å². The Kier molecular flexibility index (Phi) is 7.15. The molecule has 6 nitrogen and oxygen atoms in total. The van der Waals surface area contributed by atoms with Gasteiger partial charge in [0.25, 0.3) is 0 Å². The molecule has 0 saturated carbocycles. The molecule has 0 aliphatic carbocycles. The van der Waals surface area contributed by atoms with Gasteiger partial charge in [0, 0.05) is 51.1 Å². The van der Waals surface area contributed by atoms with Gasteiger partial charge in [0.1, 0.15) is 5.82 Å². The lowest BCUT2D eigenvalue weighted by atomic mass is 10.1. The van der Waals surface area contributed by atoms with Crippen LogP contribution in [0.1, 0.15) is 23.6 Å². The minimum Gasteiger partial charge on any atom is -0.357 e. The first-order valence-electron chi connectivity index (χ1n) is 8.78. The molecule has 7 heteroatoms. The van der Waals surface area contributed by atoms with E-state index in [1.54, 1.807) is 10.7 Å². The van der Waals surface area contributed by atoms with Gasteiger partial charge in [-0.3, -0.25) is 4.68 Å². The third kappa shape index (κ3) is 5.84. The molecule has 0 fully saturated rings. The van der Waals surface area contributed by atoms with Crippen LogP contribution < -0.4 is 5.32 Å². The third-order valence-corrected chi connectivity index (χ3v) is 3.88. The van der Waals surface area contributed by atoms with Crippen molar-refractivity contribution in [3.05, 3.63) is 53.1 Å². The molecule has 0 atom stereocenters. The van der Waals surface area contributed by atoms with Gasteiger partial charge in [0.2, 0.25) is 0 Å². The number of aromatic nitrogens is 2. The summed E-state index contributed by atoms with van der Waals surface area (Å²) in [5.74, 6) is 0.641. The molecule has 0 spiro atoms. The fourth-order valence-corrected chi connectivity index (χ4v) is 2.73. The molecule has 0 aliphatic rings. The van der Waals surface area contributed by atoms with Crippen LogP contribution >= 0.6 is 0 Å². The van der Waals surface area contributed by atoms with Gasteiger partial charge in [-0.1, -0.05) is 6.07 Å². The number of aryl methyl sites for hydroxylation is 1. The largest absolute Gasteiger partial charge is 0.357 e. The number of guanidine groups is 1. The Balaban J connectivity index is 2.10. The predicted molar refractivity (Wildman–Crippen MR) is 103 cm³/mol. The molecule has 1 aromatic carbocycles. The highest BCUT2D eigenvalue weighted by Crippen LogP contribution is 2.13. The molecule has 1 N–H and O–H groups in total. The SMILES string of the molecule is CCNC(=NCc1ccc(F)c(CN(C)C)c1)N(C)Cc1cnn(C)c1. The van der Waals surface area contributed by atoms with E-state index in [9.17, 15) is 4.39 Å². The summed E-state index contributed by atoms with van der Waals surface area (Å²) in [6.45, 7) is 4.62. The average Bonchev–Trinajstić information content (AvgIpc) is 2.98. The number of aliphatic imine (C=N–C) groups is 1. The molecule has 1 aromatic heterocycles. The molecule has 2 aromatic rings. The quantitative estimate of drug-likeness (QED) is 0.608. The van der Waals surface area contributed by atoms with Crippen molar-refractivity contribution >= 4 is 5.96 Å². The van der Waals surface area contributed by atoms with Crippen LogP contribution in [0.4, 0.5) is 4.39 Å². The van der Waals surface area contributed by atoms with Gasteiger partial charge in [0.05, 0.1) is 12.7 Å². The monoisotopic (exact) mass is 360 g/mol. The molecule has 26 heavy (non-hydrogen) atoms. The molecule has 0 amide bonds. The maximum Gasteiger partial charge on any atom is 0.194 e. The van der Waals surface area contributed by atoms with Crippen LogP contribution in [0.15, 0.2) is 35.6 Å². The summed E-state index contributed by atoms with van der Waals surface area (Å²) in [5.41, 5.74) is 2.81. The zero-order valence-corrected chi connectivity index (χ0v) is 16.3. The maximum absolute atomic E-state index is 13.9. The Morgan fingerprint density at radius 2 is 2.00 bits per heavy atom. The molecular weight excluding hydrogens is 331 g/mol. The van der Waals surface area contributed by atoms with Crippen molar-refractivity contribution in [3.8, 4) is 0 Å². The first kappa shape index (κ1) is 19.9. The number of nitrogens with zero attached hydrogens (tertiary/aromatic N) is 5. The highest BCUT2D eigenvalue weighted by Gasteiger charge is 2.09. The van der Waals surface area contributed by atoms with Gasteiger partial charge in [-0.2, -0.15) is 5.10 Å². The van der Waals surface area contributed by atoms with Gasteiger partial charge in [0.15, 0.2) is 5.96 Å². The third-order valence-electron chi connectivity index (χ3n) is 3.88. The normalized spacial score (nSPS) is 11.9. The number of nitrogens with one attached hydrogen (secondary N) is 1. The van der Waals surface area contributed by atoms with Crippen LogP contribution in [0, 0.1) is 5.82 Å². The van der Waals surface area contributed by atoms with E-state index in [0.717, 1.165) is 30.2 Å². The van der Waals surface area contributed by atoms with Gasteiger partial charge >= 0.3 is 0 Å². The summed E-state index contributed by atoms with van der Waals surface area (Å²) < 4.78 is 15.7. The maximum atomic E-state index is 13.9. The van der Waals surface area contributed by atoms with Crippen LogP contribution in [0.2, 0.25) is 0 Å². The topological polar surface area (TPSA) is 48.7 Å². The molecule has 1 heterocycles. The Bertz CT molecular complexity index is 737. The first-order valence-corrected chi connectivity index (χ1v) is 8.78. The Labute approximate surface area is 155 Å². The minimum absolute atomic E-state index is 0.174. The van der Waals surface area contributed by atoms with Crippen molar-refractivity contribution in [2.24, 2.45) is 12.0 Å². The zero-order valence-electron chi connectivity index (χ0n) is 16.3. The van der Waals surface area contributed by atoms with E-state index in [1.807, 2.05) is 58.5 Å². The molecule has 2 rings (SSSR count). The van der Waals surface area contributed by atoms with E-state index in [1.165, 1.54) is 6.07 Å². The molecule has 142 valence electrons. The van der Waals surface area contributed by atoms with Crippen LogP contribution in [-0.2, 0) is 26.7 Å². The van der Waals surface area contributed by atoms with Gasteiger partial charge in [-0.15, -0.1) is 0 Å². The number of hydrogen-bond acceptors (Lipinski definition) is 3. The zero-order chi connectivity index (χ0) is 19.1. The summed E-state index contributed by atoms with van der Waals surface area (Å²) in [5, 5.41) is 7.50. The number of benzene rings is 1. The second kappa shape index (κ2) is 9.33. The van der Waals surface area contributed by atoms with Crippen LogP contribution in [-0.4, -0.2) is 53.2 Å². The predicted octanol–water partition coefficient (Wildman–Crippen LogP) is 2.22. The lowest BCUT2D eigenvalue weighted by Gasteiger charge is -2.21. The van der Waals surface area contributed by atoms with E-state index < -0.39 is 0 Å². The van der Waals surface area contributed by atoms with Crippen molar-refractivity contribution in [2.75, 3.05) is 27.7 Å². The highest BCUT2D eigenvalue weighted by molar-refractivity contribution is 5.79. The Morgan fingerprint density at radius 1 is 1.23 bits per heavy atom. The van der Waals surface area contributed by atoms with Gasteiger partial charge < -0.3 is 15.1 Å². The number of hydrogen-bond donors (Lipinski definition) is 1. The van der Waals surface area contributed by atoms with E-state index in [0.29, 0.717) is 18.7 Å². The highest BCUT2D eigenvalue weighted by atomic mass is 19.1. The average molecular weight is 360 g/mol. The van der Waals surface area contributed by atoms with Crippen LogP contribution in [0.25, 0.3) is 0 Å². The van der Waals surface area contributed by atoms with Gasteiger partial charge in [-0.05, 0) is 38.7 Å². The lowest BCUT2D eigenvalue weighted by Crippen LogP contribution is -2.38. The fraction of sp³-hybridized carbons (Fsp3) is 0.474. The summed E-state index contributed by atoms with van der Waals surface area (Å²) >= 11 is 0. The Hall–Kier alpha value is -2.41. The van der Waals surface area contributed by atoms with E-state index in [4.69, 9.17) is 4.99 Å². The van der Waals surface area contributed by atoms with Crippen LogP contribution in [0.5, 0.6) is 0 Å². The van der Waals surface area contributed by atoms with Crippen molar-refractivity contribution in [1.29, 1.82) is 0 Å². The molecule has 0 saturated heterocycles. The van der Waals surface area contributed by atoms with Crippen molar-refractivity contribution in [1.82, 2.24) is 24.9 Å². The minimum atomic E-state index is -0.174. The summed E-state index contributed by atoms with van der Waals surface area (Å²) in [6, 6.07) is 5.21. The summed E-state index contributed by atoms with van der Waals surface area (Å²) in [4.78, 5) is 8.72. The van der Waals surface area contributed by atoms with Crippen molar-refractivity contribution in [3.63, 3.8) is 0 Å². The van der Waals surface area contributed by atoms with Crippen molar-refractivity contribution in [2.45, 2.75) is 26.6 Å². The first-order chi connectivity index (χ1) is 12.4. The standard InChI is InChI=1S/C19H29FN6/c1-6-21-19(25(4)12-16-11-23-26(5)13-16)22-10-15-7-8-18(20)17(9-15)14-24(2)3/h7-9,11,13H,6,10,12,14H2,1-5H3,(H,21,22). The molecule has 0 aliphatic heterocycles. The molecule has 0 bridgehead atoms. The van der Waals surface area contributed by atoms with E-state index in [-0.39, 0.29) is 5.82 Å². The summed E-state index contributed by atoms with van der Waals surface area (Å²) in [6.07, 6.45) is 3.85. The smallest absolute Gasteiger partial charge is 0.194 e. The second-order valence-electron chi connectivity index (χ2n) is 6.71. The number of rotatable bonds is 7. The summed E-state index contributed by atoms with van der Waals surface area (Å²) in [7, 11) is 7.77. The Morgan fingerprint density at radius 3 is 2.62 bits per heavy atom. The number of halogens is 1. The molecule has 0 radical (unpaired) electrons.